The fourth-order valence-corrected chi connectivity index (χ4v) is 4.14. The summed E-state index contributed by atoms with van der Waals surface area (Å²) in [5, 5.41) is 53.9. The van der Waals surface area contributed by atoms with Crippen LogP contribution in [0.15, 0.2) is 66.7 Å². The number of nitrogens with one attached hydrogen (secondary N) is 2. The molecule has 0 saturated carbocycles. The average Bonchev–Trinajstić information content (AvgIpc) is 3.18. The van der Waals surface area contributed by atoms with Crippen molar-refractivity contribution in [2.75, 3.05) is 28.9 Å². The minimum absolute atomic E-state index is 0.00386. The molecule has 1 atom stereocenters. The SMILES string of the molecule is O=C(N[C@H](CNc1ccc(N([O-])[O-])cc1N(O)O)C(=O)O)OCC1c2ccccc2-c2ccccc21. The van der Waals surface area contributed by atoms with Crippen LogP contribution in [0.25, 0.3) is 11.1 Å². The molecule has 0 radical (unpaired) electrons. The third kappa shape index (κ3) is 5.16. The summed E-state index contributed by atoms with van der Waals surface area (Å²) in [7, 11) is 0. The predicted molar refractivity (Wildman–Crippen MR) is 130 cm³/mol. The van der Waals surface area contributed by atoms with Crippen LogP contribution in [0, 0.1) is 10.4 Å². The number of anilines is 3. The Bertz CT molecular complexity index is 1220. The smallest absolute Gasteiger partial charge is 0.407 e. The summed E-state index contributed by atoms with van der Waals surface area (Å²) in [4.78, 5) is 24.2. The Morgan fingerprint density at radius 1 is 0.972 bits per heavy atom. The summed E-state index contributed by atoms with van der Waals surface area (Å²) in [5.74, 6) is -1.57. The molecule has 4 rings (SSSR count). The van der Waals surface area contributed by atoms with E-state index in [4.69, 9.17) is 4.74 Å². The number of ether oxygens (including phenoxy) is 1. The number of aliphatic carboxylic acids is 1. The van der Waals surface area contributed by atoms with Gasteiger partial charge < -0.3 is 36.1 Å². The van der Waals surface area contributed by atoms with E-state index in [1.807, 2.05) is 48.5 Å². The zero-order valence-corrected chi connectivity index (χ0v) is 18.7. The van der Waals surface area contributed by atoms with Crippen molar-refractivity contribution in [3.63, 3.8) is 0 Å². The first-order valence-corrected chi connectivity index (χ1v) is 10.8. The van der Waals surface area contributed by atoms with Crippen molar-refractivity contribution in [1.82, 2.24) is 5.32 Å². The Morgan fingerprint density at radius 3 is 2.14 bits per heavy atom. The number of amides is 1. The fraction of sp³-hybridized carbons (Fsp3) is 0.167. The first-order valence-electron chi connectivity index (χ1n) is 10.8. The molecule has 0 heterocycles. The summed E-state index contributed by atoms with van der Waals surface area (Å²) >= 11 is 0. The Morgan fingerprint density at radius 2 is 1.58 bits per heavy atom. The minimum atomic E-state index is -1.45. The molecule has 188 valence electrons. The monoisotopic (exact) mass is 494 g/mol. The number of carbonyl (C=O) groups is 2. The topological polar surface area (TPSA) is 181 Å². The number of carbonyl (C=O) groups excluding carboxylic acids is 1. The molecule has 0 aliphatic heterocycles. The second-order valence-electron chi connectivity index (χ2n) is 7.99. The van der Waals surface area contributed by atoms with Crippen LogP contribution < -0.4 is 21.1 Å². The maximum Gasteiger partial charge on any atom is 0.407 e. The lowest BCUT2D eigenvalue weighted by Gasteiger charge is -2.38. The molecule has 5 N–H and O–H groups in total. The van der Waals surface area contributed by atoms with Crippen molar-refractivity contribution in [3.05, 3.63) is 88.3 Å². The van der Waals surface area contributed by atoms with Gasteiger partial charge in [-0.05, 0) is 40.5 Å². The molecule has 1 aliphatic rings. The first kappa shape index (κ1) is 24.8. The third-order valence-electron chi connectivity index (χ3n) is 5.84. The van der Waals surface area contributed by atoms with Crippen LogP contribution >= 0.6 is 0 Å². The second kappa shape index (κ2) is 10.5. The molecule has 0 saturated heterocycles. The van der Waals surface area contributed by atoms with Crippen molar-refractivity contribution >= 4 is 29.1 Å². The fourth-order valence-electron chi connectivity index (χ4n) is 4.14. The molecule has 12 heteroatoms. The van der Waals surface area contributed by atoms with Crippen LogP contribution in [0.2, 0.25) is 0 Å². The summed E-state index contributed by atoms with van der Waals surface area (Å²) < 4.78 is 5.37. The number of hydrogen-bond acceptors (Lipinski definition) is 10. The highest BCUT2D eigenvalue weighted by atomic mass is 16.8. The standard InChI is InChI=1S/C24H22N4O8/c29-23(30)21(12-25-20-10-9-14(27(32)33)11-22(20)28(34)35)26-24(31)36-13-19-17-7-3-1-5-15(17)16-6-2-4-8-18(16)19/h1-11,19,21,25,34-35H,12-13H2,(H,26,31)(H,29,30)/q-2/t21-/m1/s1. The molecule has 3 aromatic rings. The molecule has 1 amide bonds. The summed E-state index contributed by atoms with van der Waals surface area (Å²) in [6.45, 7) is -0.381. The molecule has 12 nitrogen and oxygen atoms in total. The molecule has 1 aliphatic carbocycles. The molecule has 0 fully saturated rings. The molecule has 3 aromatic carbocycles. The van der Waals surface area contributed by atoms with Gasteiger partial charge in [0.2, 0.25) is 0 Å². The van der Waals surface area contributed by atoms with E-state index in [0.717, 1.165) is 34.4 Å². The number of carboxylic acid groups (broad SMARTS) is 1. The number of alkyl carbamates (subject to hydrolysis) is 1. The number of hydrogen-bond donors (Lipinski definition) is 5. The number of fused-ring (bicyclic) bond motifs is 3. The van der Waals surface area contributed by atoms with E-state index in [2.05, 4.69) is 10.6 Å². The maximum atomic E-state index is 12.5. The van der Waals surface area contributed by atoms with Gasteiger partial charge >= 0.3 is 12.1 Å². The van der Waals surface area contributed by atoms with Gasteiger partial charge in [0.15, 0.2) is 0 Å². The lowest BCUT2D eigenvalue weighted by molar-refractivity contribution is -0.138. The van der Waals surface area contributed by atoms with Gasteiger partial charge in [-0.3, -0.25) is 10.4 Å². The second-order valence-corrected chi connectivity index (χ2v) is 7.99. The van der Waals surface area contributed by atoms with Crippen molar-refractivity contribution in [1.29, 1.82) is 0 Å². The summed E-state index contributed by atoms with van der Waals surface area (Å²) in [6.07, 6.45) is -0.944. The van der Waals surface area contributed by atoms with E-state index in [-0.39, 0.29) is 35.7 Å². The van der Waals surface area contributed by atoms with E-state index >= 15 is 0 Å². The highest BCUT2D eigenvalue weighted by Crippen LogP contribution is 2.44. The summed E-state index contributed by atoms with van der Waals surface area (Å²) in [6, 6.07) is 17.3. The Hall–Kier alpha value is -4.36. The Kier molecular flexibility index (Phi) is 7.22. The van der Waals surface area contributed by atoms with Crippen LogP contribution in [0.3, 0.4) is 0 Å². The number of rotatable bonds is 9. The molecule has 0 spiro atoms. The van der Waals surface area contributed by atoms with Crippen LogP contribution in [-0.2, 0) is 9.53 Å². The molecule has 0 unspecified atom stereocenters. The molecular weight excluding hydrogens is 472 g/mol. The van der Waals surface area contributed by atoms with Crippen LogP contribution in [-0.4, -0.2) is 46.8 Å². The van der Waals surface area contributed by atoms with Gasteiger partial charge in [-0.25, -0.2) is 9.59 Å². The molecule has 36 heavy (non-hydrogen) atoms. The van der Waals surface area contributed by atoms with E-state index in [9.17, 15) is 35.5 Å². The van der Waals surface area contributed by atoms with Gasteiger partial charge in [-0.2, -0.15) is 0 Å². The van der Waals surface area contributed by atoms with Gasteiger partial charge in [0.1, 0.15) is 18.3 Å². The van der Waals surface area contributed by atoms with Gasteiger partial charge in [-0.1, -0.05) is 48.5 Å². The van der Waals surface area contributed by atoms with Gasteiger partial charge in [-0.15, -0.1) is 5.23 Å². The van der Waals surface area contributed by atoms with E-state index in [1.165, 1.54) is 6.07 Å². The van der Waals surface area contributed by atoms with E-state index in [0.29, 0.717) is 0 Å². The van der Waals surface area contributed by atoms with Crippen molar-refractivity contribution < 1.29 is 29.8 Å². The van der Waals surface area contributed by atoms with Crippen LogP contribution in [0.4, 0.5) is 21.9 Å². The predicted octanol–water partition coefficient (Wildman–Crippen LogP) is 3.48. The maximum absolute atomic E-state index is 12.5. The largest absolute Gasteiger partial charge is 0.769 e. The van der Waals surface area contributed by atoms with Crippen molar-refractivity contribution in [2.24, 2.45) is 0 Å². The lowest BCUT2D eigenvalue weighted by atomic mass is 9.98. The third-order valence-corrected chi connectivity index (χ3v) is 5.84. The zero-order valence-electron chi connectivity index (χ0n) is 18.7. The Labute approximate surface area is 205 Å². The van der Waals surface area contributed by atoms with E-state index in [1.54, 1.807) is 0 Å². The molecule has 0 aromatic heterocycles. The van der Waals surface area contributed by atoms with Gasteiger partial charge in [0, 0.05) is 18.2 Å². The average molecular weight is 494 g/mol. The molecular formula is C24H22N4O8-2. The Balaban J connectivity index is 1.40. The number of carboxylic acids is 1. The minimum Gasteiger partial charge on any atom is -0.769 e. The normalized spacial score (nSPS) is 12.8. The van der Waals surface area contributed by atoms with Crippen molar-refractivity contribution in [2.45, 2.75) is 12.0 Å². The number of nitrogens with zero attached hydrogens (tertiary/aromatic N) is 2. The highest BCUT2D eigenvalue weighted by molar-refractivity contribution is 5.82. The summed E-state index contributed by atoms with van der Waals surface area (Å²) in [5.41, 5.74) is 3.32. The van der Waals surface area contributed by atoms with Crippen LogP contribution in [0.5, 0.6) is 0 Å². The van der Waals surface area contributed by atoms with Crippen LogP contribution in [0.1, 0.15) is 17.0 Å². The van der Waals surface area contributed by atoms with E-state index < -0.39 is 29.0 Å². The van der Waals surface area contributed by atoms with Gasteiger partial charge in [0.25, 0.3) is 0 Å². The quantitative estimate of drug-likeness (QED) is 0.275. The van der Waals surface area contributed by atoms with Gasteiger partial charge in [0.05, 0.1) is 5.69 Å². The lowest BCUT2D eigenvalue weighted by Crippen LogP contribution is -2.45. The van der Waals surface area contributed by atoms with Crippen molar-refractivity contribution in [3.8, 4) is 11.1 Å². The highest BCUT2D eigenvalue weighted by Gasteiger charge is 2.29. The number of benzene rings is 3. The zero-order chi connectivity index (χ0) is 25.8. The molecule has 0 bridgehead atoms. The first-order chi connectivity index (χ1) is 17.3.